The molecule has 2 aliphatic carbocycles. The summed E-state index contributed by atoms with van der Waals surface area (Å²) in [5.41, 5.74) is 12.3. The van der Waals surface area contributed by atoms with E-state index in [1.54, 1.807) is 14.2 Å². The summed E-state index contributed by atoms with van der Waals surface area (Å²) in [6.07, 6.45) is 4.65. The first-order valence-corrected chi connectivity index (χ1v) is 15.4. The van der Waals surface area contributed by atoms with Crippen LogP contribution in [0.15, 0.2) is 36.4 Å². The van der Waals surface area contributed by atoms with Crippen molar-refractivity contribution in [2.75, 3.05) is 45.4 Å². The van der Waals surface area contributed by atoms with Gasteiger partial charge in [0.05, 0.1) is 30.4 Å². The summed E-state index contributed by atoms with van der Waals surface area (Å²) in [6, 6.07) is 13.1. The van der Waals surface area contributed by atoms with E-state index < -0.39 is 0 Å². The van der Waals surface area contributed by atoms with Crippen LogP contribution in [0, 0.1) is 17.8 Å². The summed E-state index contributed by atoms with van der Waals surface area (Å²) in [6.45, 7) is 4.61. The summed E-state index contributed by atoms with van der Waals surface area (Å²) in [5.74, 6) is 3.29. The number of nitrogens with two attached hydrogens (primary N) is 1. The highest BCUT2D eigenvalue weighted by Crippen LogP contribution is 2.41. The maximum absolute atomic E-state index is 13.7. The fourth-order valence-electron chi connectivity index (χ4n) is 7.77. The molecule has 2 saturated heterocycles. The van der Waals surface area contributed by atoms with E-state index in [-0.39, 0.29) is 18.0 Å². The van der Waals surface area contributed by atoms with Gasteiger partial charge in [-0.1, -0.05) is 6.07 Å². The van der Waals surface area contributed by atoms with Crippen molar-refractivity contribution in [3.63, 3.8) is 0 Å². The molecule has 2 aromatic heterocycles. The predicted octanol–water partition coefficient (Wildman–Crippen LogP) is 4.26. The molecule has 2 aliphatic heterocycles. The summed E-state index contributed by atoms with van der Waals surface area (Å²) >= 11 is 0. The minimum atomic E-state index is 0.0270. The Bertz CT molecular complexity index is 1700. The molecule has 42 heavy (non-hydrogen) atoms. The summed E-state index contributed by atoms with van der Waals surface area (Å²) in [5, 5.41) is 1.22. The van der Waals surface area contributed by atoms with Gasteiger partial charge < -0.3 is 34.1 Å². The molecule has 0 spiro atoms. The summed E-state index contributed by atoms with van der Waals surface area (Å²) < 4.78 is 15.8. The highest BCUT2D eigenvalue weighted by Gasteiger charge is 2.47. The number of hydrogen-bond donors (Lipinski definition) is 1. The van der Waals surface area contributed by atoms with Gasteiger partial charge in [0.2, 0.25) is 0 Å². The van der Waals surface area contributed by atoms with Gasteiger partial charge in [0.1, 0.15) is 11.3 Å². The smallest absolute Gasteiger partial charge is 0.254 e. The standard InChI is InChI=1S/C33H40N6O3/c1-36-31-25(10-23(12-29(31)42-3)33(40)39-17-22-7-9-26(39)30(22)34)35-32(36)28-11-21-6-8-24(37-14-20(15-37)18-41-2)13-27(21)38(28)16-19-4-5-19/h6,8,10-13,19-20,22,26,30H,4-5,7,9,14-18,34H2,1-3H3/t22?,26?,30-/m1/s1. The molecule has 220 valence electrons. The molecule has 4 aromatic rings. The molecule has 2 unspecified atom stereocenters. The summed E-state index contributed by atoms with van der Waals surface area (Å²) in [7, 11) is 5.50. The van der Waals surface area contributed by atoms with Crippen molar-refractivity contribution >= 4 is 33.5 Å². The van der Waals surface area contributed by atoms with Crippen molar-refractivity contribution in [3.05, 3.63) is 42.0 Å². The van der Waals surface area contributed by atoms with Crippen LogP contribution in [0.1, 0.15) is 36.0 Å². The first-order chi connectivity index (χ1) is 20.4. The third-order valence-electron chi connectivity index (χ3n) is 10.3. The minimum Gasteiger partial charge on any atom is -0.494 e. The number of aryl methyl sites for hydroxylation is 1. The van der Waals surface area contributed by atoms with Gasteiger partial charge in [-0.3, -0.25) is 4.79 Å². The SMILES string of the molecule is COCC1CN(c2ccc3cc(-c4nc5cc(C(=O)N6CC7CCC6[C@@H]7N)cc(OC)c5n4C)n(CC4CC4)c3c2)C1. The lowest BCUT2D eigenvalue weighted by atomic mass is 10.00. The van der Waals surface area contributed by atoms with E-state index in [2.05, 4.69) is 38.3 Å². The van der Waals surface area contributed by atoms with Crippen LogP contribution in [0.4, 0.5) is 5.69 Å². The third-order valence-corrected chi connectivity index (χ3v) is 10.3. The first-order valence-electron chi connectivity index (χ1n) is 15.4. The van der Waals surface area contributed by atoms with Gasteiger partial charge in [0.25, 0.3) is 5.91 Å². The van der Waals surface area contributed by atoms with Crippen molar-refractivity contribution in [2.45, 2.75) is 44.3 Å². The molecule has 2 aromatic carbocycles. The lowest BCUT2D eigenvalue weighted by molar-refractivity contribution is 0.0700. The number of benzene rings is 2. The second-order valence-corrected chi connectivity index (χ2v) is 13.0. The highest BCUT2D eigenvalue weighted by molar-refractivity contribution is 6.00. The molecule has 8 rings (SSSR count). The van der Waals surface area contributed by atoms with E-state index in [0.717, 1.165) is 68.2 Å². The molecule has 0 radical (unpaired) electrons. The van der Waals surface area contributed by atoms with Crippen molar-refractivity contribution < 1.29 is 14.3 Å². The number of nitrogens with zero attached hydrogens (tertiary/aromatic N) is 5. The number of piperidine rings is 1. The molecule has 3 atom stereocenters. The van der Waals surface area contributed by atoms with Crippen molar-refractivity contribution in [1.82, 2.24) is 19.0 Å². The maximum atomic E-state index is 13.7. The van der Waals surface area contributed by atoms with Gasteiger partial charge in [-0.25, -0.2) is 4.98 Å². The number of hydrogen-bond acceptors (Lipinski definition) is 6. The van der Waals surface area contributed by atoms with E-state index in [0.29, 0.717) is 29.1 Å². The number of methoxy groups -OCH3 is 2. The molecular weight excluding hydrogens is 528 g/mol. The van der Waals surface area contributed by atoms with Crippen molar-refractivity contribution in [3.8, 4) is 17.3 Å². The van der Waals surface area contributed by atoms with Crippen LogP contribution in [0.5, 0.6) is 5.75 Å². The number of amides is 1. The van der Waals surface area contributed by atoms with Gasteiger partial charge in [-0.15, -0.1) is 0 Å². The molecule has 2 saturated carbocycles. The van der Waals surface area contributed by atoms with Crippen LogP contribution >= 0.6 is 0 Å². The number of ether oxygens (including phenoxy) is 2. The van der Waals surface area contributed by atoms with Crippen LogP contribution in [-0.2, 0) is 18.3 Å². The van der Waals surface area contributed by atoms with Gasteiger partial charge >= 0.3 is 0 Å². The van der Waals surface area contributed by atoms with Crippen LogP contribution in [0.2, 0.25) is 0 Å². The highest BCUT2D eigenvalue weighted by atomic mass is 16.5. The molecule has 4 fully saturated rings. The van der Waals surface area contributed by atoms with Crippen LogP contribution in [-0.4, -0.2) is 77.5 Å². The number of rotatable bonds is 8. The monoisotopic (exact) mass is 568 g/mol. The van der Waals surface area contributed by atoms with E-state index in [1.165, 1.54) is 29.4 Å². The van der Waals surface area contributed by atoms with Crippen LogP contribution in [0.25, 0.3) is 33.5 Å². The third kappa shape index (κ3) is 4.04. The molecule has 4 heterocycles. The van der Waals surface area contributed by atoms with Gasteiger partial charge in [-0.2, -0.15) is 0 Å². The zero-order valence-electron chi connectivity index (χ0n) is 24.8. The van der Waals surface area contributed by atoms with Crippen LogP contribution in [0.3, 0.4) is 0 Å². The fraction of sp³-hybridized carbons (Fsp3) is 0.515. The predicted molar refractivity (Wildman–Crippen MR) is 164 cm³/mol. The zero-order chi connectivity index (χ0) is 28.7. The number of carbonyl (C=O) groups is 1. The molecule has 2 N–H and O–H groups in total. The topological polar surface area (TPSA) is 90.8 Å². The normalized spacial score (nSPS) is 23.9. The van der Waals surface area contributed by atoms with Gasteiger partial charge in [-0.05, 0) is 67.9 Å². The minimum absolute atomic E-state index is 0.0270. The Kier molecular flexibility index (Phi) is 6.05. The average molecular weight is 569 g/mol. The second-order valence-electron chi connectivity index (χ2n) is 13.0. The van der Waals surface area contributed by atoms with Crippen LogP contribution < -0.4 is 15.4 Å². The summed E-state index contributed by atoms with van der Waals surface area (Å²) in [4.78, 5) is 23.3. The lowest BCUT2D eigenvalue weighted by Crippen LogP contribution is -2.48. The quantitative estimate of drug-likeness (QED) is 0.342. The fourth-order valence-corrected chi connectivity index (χ4v) is 7.77. The van der Waals surface area contributed by atoms with E-state index in [4.69, 9.17) is 20.2 Å². The molecular formula is C33H40N6O3. The first kappa shape index (κ1) is 26.1. The average Bonchev–Trinajstić information content (AvgIpc) is 3.38. The lowest BCUT2D eigenvalue weighted by Gasteiger charge is -2.40. The Morgan fingerprint density at radius 1 is 1.02 bits per heavy atom. The Morgan fingerprint density at radius 2 is 1.86 bits per heavy atom. The number of anilines is 1. The Hall–Kier alpha value is -3.56. The van der Waals surface area contributed by atoms with Crippen molar-refractivity contribution in [1.29, 1.82) is 0 Å². The molecule has 9 nitrogen and oxygen atoms in total. The maximum Gasteiger partial charge on any atom is 0.254 e. The Morgan fingerprint density at radius 3 is 2.55 bits per heavy atom. The van der Waals surface area contributed by atoms with E-state index >= 15 is 0 Å². The van der Waals surface area contributed by atoms with Gasteiger partial charge in [0.15, 0.2) is 5.82 Å². The number of aromatic nitrogens is 3. The number of carbonyl (C=O) groups excluding carboxylic acids is 1. The molecule has 4 aliphatic rings. The number of imidazole rings is 1. The number of likely N-dealkylation sites (tertiary alicyclic amines) is 1. The molecule has 2 bridgehead atoms. The zero-order valence-corrected chi connectivity index (χ0v) is 24.8. The molecule has 9 heteroatoms. The second kappa shape index (κ2) is 9.74. The van der Waals surface area contributed by atoms with E-state index in [9.17, 15) is 4.79 Å². The van der Waals surface area contributed by atoms with Gasteiger partial charge in [0, 0.05) is 75.0 Å². The number of fused-ring (bicyclic) bond motifs is 4. The largest absolute Gasteiger partial charge is 0.494 e. The van der Waals surface area contributed by atoms with Crippen molar-refractivity contribution in [2.24, 2.45) is 30.5 Å². The Labute approximate surface area is 246 Å². The molecule has 1 amide bonds. The Balaban J connectivity index is 1.19. The van der Waals surface area contributed by atoms with E-state index in [1.807, 2.05) is 24.1 Å².